The quantitative estimate of drug-likeness (QED) is 0.610. The largest absolute Gasteiger partial charge is 0.369 e. The molecule has 0 aromatic carbocycles. The van der Waals surface area contributed by atoms with Crippen LogP contribution in [0.4, 0.5) is 0 Å². The Labute approximate surface area is 55.9 Å². The van der Waals surface area contributed by atoms with Crippen molar-refractivity contribution >= 4 is 17.4 Å². The van der Waals surface area contributed by atoms with Gasteiger partial charge in [-0.3, -0.25) is 4.79 Å². The Bertz CT molecular complexity index is 196. The normalized spacial score (nSPS) is 9.33. The minimum atomic E-state index is -0.395. The average molecular weight is 143 g/mol. The molecule has 1 rings (SSSR count). The fraction of sp³-hybridized carbons (Fsp3) is 0.250. The van der Waals surface area contributed by atoms with Gasteiger partial charge in [0.2, 0.25) is 5.91 Å². The Hall–Kier alpha value is -0.970. The van der Waals surface area contributed by atoms with Crippen LogP contribution < -0.4 is 5.73 Å². The van der Waals surface area contributed by atoms with Crippen molar-refractivity contribution in [1.29, 1.82) is 0 Å². The van der Waals surface area contributed by atoms with E-state index in [4.69, 9.17) is 5.73 Å². The maximum Gasteiger partial charge on any atom is 0.225 e. The summed E-state index contributed by atoms with van der Waals surface area (Å²) < 4.78 is 3.79. The van der Waals surface area contributed by atoms with Crippen molar-refractivity contribution in [2.45, 2.75) is 6.42 Å². The first-order valence-electron chi connectivity index (χ1n) is 2.32. The Morgan fingerprint density at radius 2 is 2.67 bits per heavy atom. The number of hydrogen-bond acceptors (Lipinski definition) is 4. The summed E-state index contributed by atoms with van der Waals surface area (Å²) in [5, 5.41) is 0. The predicted molar refractivity (Wildman–Crippen MR) is 32.8 cm³/mol. The highest BCUT2D eigenvalue weighted by Crippen LogP contribution is 1.93. The molecule has 0 aliphatic rings. The third-order valence-corrected chi connectivity index (χ3v) is 1.26. The lowest BCUT2D eigenvalue weighted by Gasteiger charge is -1.83. The molecule has 0 bridgehead atoms. The molecule has 1 aromatic rings. The molecule has 0 saturated heterocycles. The molecule has 0 atom stereocenters. The summed E-state index contributed by atoms with van der Waals surface area (Å²) >= 11 is 1.21. The van der Waals surface area contributed by atoms with E-state index >= 15 is 0 Å². The second-order valence-electron chi connectivity index (χ2n) is 1.49. The topological polar surface area (TPSA) is 68.9 Å². The lowest BCUT2D eigenvalue weighted by Crippen LogP contribution is -2.14. The minimum absolute atomic E-state index is 0.142. The van der Waals surface area contributed by atoms with E-state index in [1.54, 1.807) is 5.51 Å². The highest BCUT2D eigenvalue weighted by molar-refractivity contribution is 7.03. The number of nitrogens with two attached hydrogens (primary N) is 1. The van der Waals surface area contributed by atoms with Crippen molar-refractivity contribution < 1.29 is 4.79 Å². The predicted octanol–water partition coefficient (Wildman–Crippen LogP) is -0.434. The van der Waals surface area contributed by atoms with Crippen molar-refractivity contribution in [2.75, 3.05) is 0 Å². The first-order chi connectivity index (χ1) is 4.29. The van der Waals surface area contributed by atoms with Gasteiger partial charge in [-0.1, -0.05) is 0 Å². The molecule has 0 saturated carbocycles. The molecule has 2 N–H and O–H groups in total. The fourth-order valence-corrected chi connectivity index (χ4v) is 0.875. The zero-order valence-corrected chi connectivity index (χ0v) is 5.39. The van der Waals surface area contributed by atoms with Crippen molar-refractivity contribution in [1.82, 2.24) is 9.36 Å². The summed E-state index contributed by atoms with van der Waals surface area (Å²) in [6.45, 7) is 0. The van der Waals surface area contributed by atoms with Crippen LogP contribution in [0, 0.1) is 0 Å². The summed E-state index contributed by atoms with van der Waals surface area (Å²) in [5.74, 6) is 0.112. The Kier molecular flexibility index (Phi) is 1.74. The molecule has 4 nitrogen and oxygen atoms in total. The van der Waals surface area contributed by atoms with Crippen LogP contribution in [-0.2, 0) is 11.2 Å². The Morgan fingerprint density at radius 1 is 1.89 bits per heavy atom. The number of aromatic nitrogens is 2. The van der Waals surface area contributed by atoms with Gasteiger partial charge < -0.3 is 5.73 Å². The summed E-state index contributed by atoms with van der Waals surface area (Å²) in [5.41, 5.74) is 6.44. The molecule has 0 fully saturated rings. The van der Waals surface area contributed by atoms with Crippen LogP contribution in [0.1, 0.15) is 5.82 Å². The first kappa shape index (κ1) is 6.15. The van der Waals surface area contributed by atoms with Crippen LogP contribution in [0.3, 0.4) is 0 Å². The molecule has 5 heteroatoms. The maximum absolute atomic E-state index is 10.2. The van der Waals surface area contributed by atoms with Crippen molar-refractivity contribution in [3.05, 3.63) is 11.3 Å². The van der Waals surface area contributed by atoms with Gasteiger partial charge in [-0.2, -0.15) is 4.37 Å². The molecule has 0 radical (unpaired) electrons. The van der Waals surface area contributed by atoms with Crippen LogP contribution in [0.5, 0.6) is 0 Å². The highest BCUT2D eigenvalue weighted by Gasteiger charge is 1.99. The highest BCUT2D eigenvalue weighted by atomic mass is 32.1. The molecule has 1 amide bonds. The van der Waals surface area contributed by atoms with E-state index in [-0.39, 0.29) is 6.42 Å². The number of rotatable bonds is 2. The summed E-state index contributed by atoms with van der Waals surface area (Å²) in [7, 11) is 0. The van der Waals surface area contributed by atoms with E-state index in [2.05, 4.69) is 9.36 Å². The maximum atomic E-state index is 10.2. The van der Waals surface area contributed by atoms with E-state index in [0.717, 1.165) is 0 Å². The van der Waals surface area contributed by atoms with Gasteiger partial charge in [-0.15, -0.1) is 0 Å². The van der Waals surface area contributed by atoms with E-state index < -0.39 is 5.91 Å². The average Bonchev–Trinajstić information content (AvgIpc) is 2.15. The standard InChI is InChI=1S/C4H5N3OS/c5-3(8)1-4-6-2-9-7-4/h2H,1H2,(H2,5,8). The van der Waals surface area contributed by atoms with Crippen LogP contribution in [0.15, 0.2) is 5.51 Å². The lowest BCUT2D eigenvalue weighted by atomic mass is 10.4. The van der Waals surface area contributed by atoms with E-state index in [1.807, 2.05) is 0 Å². The molecule has 0 unspecified atom stereocenters. The number of hydrogen-bond donors (Lipinski definition) is 1. The van der Waals surface area contributed by atoms with Crippen LogP contribution in [0.2, 0.25) is 0 Å². The SMILES string of the molecule is NC(=O)Cc1ncsn1. The second-order valence-corrected chi connectivity index (χ2v) is 2.09. The number of primary amides is 1. The summed E-state index contributed by atoms with van der Waals surface area (Å²) in [6.07, 6.45) is 0.142. The van der Waals surface area contributed by atoms with E-state index in [1.165, 1.54) is 11.5 Å². The monoisotopic (exact) mass is 143 g/mol. The number of carbonyl (C=O) groups is 1. The molecule has 0 aliphatic carbocycles. The lowest BCUT2D eigenvalue weighted by molar-refractivity contribution is -0.117. The van der Waals surface area contributed by atoms with Gasteiger partial charge in [-0.25, -0.2) is 4.98 Å². The molecule has 0 spiro atoms. The zero-order chi connectivity index (χ0) is 6.69. The van der Waals surface area contributed by atoms with Gasteiger partial charge >= 0.3 is 0 Å². The fourth-order valence-electron chi connectivity index (χ4n) is 0.426. The number of amides is 1. The minimum Gasteiger partial charge on any atom is -0.369 e. The first-order valence-corrected chi connectivity index (χ1v) is 3.16. The molecule has 1 heterocycles. The summed E-state index contributed by atoms with van der Waals surface area (Å²) in [6, 6.07) is 0. The van der Waals surface area contributed by atoms with E-state index in [9.17, 15) is 4.79 Å². The van der Waals surface area contributed by atoms with Crippen molar-refractivity contribution in [3.63, 3.8) is 0 Å². The van der Waals surface area contributed by atoms with Crippen LogP contribution >= 0.6 is 11.5 Å². The molecule has 48 valence electrons. The third-order valence-electron chi connectivity index (χ3n) is 0.739. The zero-order valence-electron chi connectivity index (χ0n) is 4.57. The molecular formula is C4H5N3OS. The van der Waals surface area contributed by atoms with Gasteiger partial charge in [0.1, 0.15) is 5.51 Å². The van der Waals surface area contributed by atoms with Crippen LogP contribution in [0.25, 0.3) is 0 Å². The van der Waals surface area contributed by atoms with Gasteiger partial charge in [0.15, 0.2) is 5.82 Å². The van der Waals surface area contributed by atoms with Gasteiger partial charge in [0, 0.05) is 0 Å². The van der Waals surface area contributed by atoms with E-state index in [0.29, 0.717) is 5.82 Å². The third kappa shape index (κ3) is 1.77. The van der Waals surface area contributed by atoms with Crippen LogP contribution in [-0.4, -0.2) is 15.3 Å². The Morgan fingerprint density at radius 3 is 3.11 bits per heavy atom. The van der Waals surface area contributed by atoms with Gasteiger partial charge in [-0.05, 0) is 11.5 Å². The number of nitrogens with zero attached hydrogens (tertiary/aromatic N) is 2. The molecule has 9 heavy (non-hydrogen) atoms. The number of carbonyl (C=O) groups excluding carboxylic acids is 1. The smallest absolute Gasteiger partial charge is 0.225 e. The van der Waals surface area contributed by atoms with Crippen molar-refractivity contribution in [2.24, 2.45) is 5.73 Å². The second kappa shape index (κ2) is 2.54. The molecule has 1 aromatic heterocycles. The molecular weight excluding hydrogens is 138 g/mol. The Balaban J connectivity index is 2.58. The van der Waals surface area contributed by atoms with Crippen molar-refractivity contribution in [3.8, 4) is 0 Å². The van der Waals surface area contributed by atoms with Gasteiger partial charge in [0.05, 0.1) is 6.42 Å². The molecule has 0 aliphatic heterocycles. The van der Waals surface area contributed by atoms with Gasteiger partial charge in [0.25, 0.3) is 0 Å². The summed E-state index contributed by atoms with van der Waals surface area (Å²) in [4.78, 5) is 14.0.